The van der Waals surface area contributed by atoms with Crippen molar-refractivity contribution >= 4 is 642 Å². The average Bonchev–Trinajstić information content (AvgIpc) is 3.60. The Morgan fingerprint density at radius 3 is 0.284 bits per heavy atom. The van der Waals surface area contributed by atoms with Crippen molar-refractivity contribution < 1.29 is 0 Å². The van der Waals surface area contributed by atoms with Crippen LogP contribution in [0.1, 0.15) is 0 Å². The second-order valence-corrected chi connectivity index (χ2v) is 20.3. The van der Waals surface area contributed by atoms with Gasteiger partial charge >= 0.3 is 642 Å². The summed E-state index contributed by atoms with van der Waals surface area (Å²) in [6.07, 6.45) is 3.71. The van der Waals surface area contributed by atoms with Crippen molar-refractivity contribution in [2.75, 3.05) is 0 Å². The van der Waals surface area contributed by atoms with E-state index in [2.05, 4.69) is 6.47 Å². The van der Waals surface area contributed by atoms with Crippen molar-refractivity contribution in [3.8, 4) is 0 Å². The minimum atomic E-state index is -0.274. The molecule has 0 nitrogen and oxygen atoms in total. The SMILES string of the molecule is BB=BB=BB=BB=BB=BB=BB=BB=BB=BB=BB=BB=BB=BB=BB=BB=BB=BB=BB=BB=BB=BB=BB=BB=BB=BB=BB=BB=BB=BB=BB=BB=BB=BB=BB=BB=BB=BB=BB=BB=BB=BB=BB=BB=BB=BS(=S)B=C. The van der Waals surface area contributed by atoms with Gasteiger partial charge in [0.25, 0.3) is 0 Å². The Labute approximate surface area is 635 Å². The van der Waals surface area contributed by atoms with Gasteiger partial charge in [0.1, 0.15) is 0 Å². The van der Waals surface area contributed by atoms with Crippen LogP contribution in [0.3, 0.4) is 0 Å². The first-order valence-corrected chi connectivity index (χ1v) is 33.6. The maximum atomic E-state index is 5.15. The summed E-state index contributed by atoms with van der Waals surface area (Å²) in [7, 11) is 1.73. The van der Waals surface area contributed by atoms with E-state index in [0.717, 1.165) is 0 Å². The predicted molar refractivity (Wildman–Crippen MR) is 554 cm³/mol. The Morgan fingerprint density at radius 2 is 0.211 bits per heavy atom. The van der Waals surface area contributed by atoms with Gasteiger partial charge in [0.2, 0.25) is 0 Å². The van der Waals surface area contributed by atoms with Crippen LogP contribution in [0.15, 0.2) is 0 Å². The average molecular weight is 1070 g/mol. The summed E-state index contributed by atoms with van der Waals surface area (Å²) in [6.45, 7) is 181. The van der Waals surface area contributed by atoms with E-state index in [-0.39, 0.29) is 9.16 Å². The first-order chi connectivity index (χ1) is 47.3. The second-order valence-electron chi connectivity index (χ2n) is 17.9. The van der Waals surface area contributed by atoms with E-state index in [0.29, 0.717) is 0 Å². The molecule has 0 N–H and O–H groups in total. The molecule has 95 heavy (non-hydrogen) atoms. The Bertz CT molecular complexity index is 3520. The second kappa shape index (κ2) is 98.4. The zero-order valence-corrected chi connectivity index (χ0v) is 56.7. The van der Waals surface area contributed by atoms with Crippen LogP contribution in [0.4, 0.5) is 0 Å². The van der Waals surface area contributed by atoms with Crippen LogP contribution in [0, 0.1) is 0 Å². The monoisotopic (exact) mass is 1090 g/mol. The van der Waals surface area contributed by atoms with E-state index >= 15 is 0 Å². The van der Waals surface area contributed by atoms with Gasteiger partial charge in [-0.1, -0.05) is 0 Å². The fourth-order valence-electron chi connectivity index (χ4n) is 5.81. The molecular weight excluding hydrogens is 1070 g/mol. The fourth-order valence-corrected chi connectivity index (χ4v) is 6.36. The fraction of sp³-hybridized carbons (Fsp3) is 0. The summed E-state index contributed by atoms with van der Waals surface area (Å²) in [5.41, 5.74) is 0. The Kier molecular flexibility index (Phi) is 105. The third-order valence-electron chi connectivity index (χ3n) is 10.2. The quantitative estimate of drug-likeness (QED) is 0.0548. The standard InChI is InChI=1S/CH4B92S2/c1-3-95(94)93-92-91-90-89-88-87-86-85-84-83-82-81-80-79-78-77-76-75-74-73-72-71-70-69-68-67-66-65-64-63-62-61-60-59-58-57-56-55-54-53-52-51-50-49-48-47-46-45-44-43-42-41-40-39-38-37-36-35-34-33-32-31-30-29-28-27-26-25-24-23-22-21-20-19-18-17-16-15-14-13-12-11-10-9-8-7-6-5-4-2/h1-2H2. The van der Waals surface area contributed by atoms with Gasteiger partial charge in [0, 0.05) is 0 Å². The third-order valence-corrected chi connectivity index (χ3v) is 11.7. The summed E-state index contributed by atoms with van der Waals surface area (Å²) in [6, 6.07) is 0. The number of hydrogen-bond donors (Lipinski definition) is 0. The van der Waals surface area contributed by atoms with E-state index in [9.17, 15) is 0 Å². The molecule has 0 saturated heterocycles. The molecule has 0 aromatic rings. The Hall–Kier alpha value is 6.41. The van der Waals surface area contributed by atoms with Crippen molar-refractivity contribution in [2.24, 2.45) is 0 Å². The van der Waals surface area contributed by atoms with E-state index in [1.807, 2.05) is 609 Å². The zero-order valence-electron chi connectivity index (χ0n) is 55.1. The van der Waals surface area contributed by atoms with Crippen LogP contribution in [0.2, 0.25) is 0 Å². The van der Waals surface area contributed by atoms with Gasteiger partial charge < -0.3 is 0 Å². The van der Waals surface area contributed by atoms with Crippen molar-refractivity contribution in [1.29, 1.82) is 0 Å². The van der Waals surface area contributed by atoms with Crippen LogP contribution < -0.4 is 0 Å². The summed E-state index contributed by atoms with van der Waals surface area (Å²) in [5, 5.41) is 0. The molecule has 0 aromatic carbocycles. The first-order valence-electron chi connectivity index (χ1n) is 31.3. The molecule has 94 heteroatoms. The molecular formula is CH4B92S2. The van der Waals surface area contributed by atoms with Gasteiger partial charge in [-0.3, -0.25) is 0 Å². The molecule has 0 fully saturated rings. The molecule has 0 spiro atoms. The molecule has 296 valence electrons. The molecule has 0 rings (SSSR count). The molecule has 0 bridgehead atoms. The van der Waals surface area contributed by atoms with E-state index in [1.165, 1.54) is 0 Å². The van der Waals surface area contributed by atoms with Crippen LogP contribution >= 0.6 is 0 Å². The normalized spacial score (nSPS) is 8.25. The van der Waals surface area contributed by atoms with Gasteiger partial charge in [0.05, 0.1) is 0 Å². The molecule has 0 aromatic heterocycles. The molecule has 0 heterocycles. The third kappa shape index (κ3) is 98.4. The molecule has 0 aliphatic carbocycles. The zero-order chi connectivity index (χ0) is 67.9. The molecule has 0 aliphatic rings. The number of rotatable bonds is 46. The Morgan fingerprint density at radius 1 is 0.137 bits per heavy atom. The molecule has 1 atom stereocenters. The van der Waals surface area contributed by atoms with Gasteiger partial charge in [-0.25, -0.2) is 0 Å². The number of hydrogen-bond acceptors (Lipinski definition) is 1. The van der Waals surface area contributed by atoms with Gasteiger partial charge in [-0.05, 0) is 0 Å². The van der Waals surface area contributed by atoms with Crippen LogP contribution in [-0.2, 0) is 20.3 Å². The summed E-state index contributed by atoms with van der Waals surface area (Å²) in [5.74, 6) is 0. The van der Waals surface area contributed by atoms with Gasteiger partial charge in [0.15, 0.2) is 0 Å². The molecule has 0 radical (unpaired) electrons. The predicted octanol–water partition coefficient (Wildman–Crippen LogP) is -35.6. The summed E-state index contributed by atoms with van der Waals surface area (Å²) >= 11 is 5.15. The summed E-state index contributed by atoms with van der Waals surface area (Å²) < 4.78 is 0. The van der Waals surface area contributed by atoms with Crippen LogP contribution in [-0.4, -0.2) is 622 Å². The first kappa shape index (κ1) is 101. The van der Waals surface area contributed by atoms with Crippen molar-refractivity contribution in [1.82, 2.24) is 0 Å². The van der Waals surface area contributed by atoms with Crippen molar-refractivity contribution in [3.05, 3.63) is 0 Å². The summed E-state index contributed by atoms with van der Waals surface area (Å²) in [4.78, 5) is 0. The maximum absolute atomic E-state index is 5.15. The Balaban J connectivity index is 4.12. The van der Waals surface area contributed by atoms with Gasteiger partial charge in [-0.2, -0.15) is 0 Å². The molecule has 0 saturated carbocycles. The topological polar surface area (TPSA) is 0 Å². The van der Waals surface area contributed by atoms with Gasteiger partial charge in [-0.15, -0.1) is 0 Å². The van der Waals surface area contributed by atoms with Crippen molar-refractivity contribution in [3.63, 3.8) is 0 Å². The van der Waals surface area contributed by atoms with E-state index in [1.54, 1.807) is 6.20 Å². The minimum absolute atomic E-state index is 0.274. The van der Waals surface area contributed by atoms with E-state index < -0.39 is 0 Å². The van der Waals surface area contributed by atoms with E-state index in [4.69, 9.17) is 11.2 Å². The van der Waals surface area contributed by atoms with Crippen molar-refractivity contribution in [2.45, 2.75) is 0 Å². The molecule has 1 unspecified atom stereocenters. The molecule has 0 aliphatic heterocycles. The van der Waals surface area contributed by atoms with Crippen LogP contribution in [0.5, 0.6) is 0 Å². The van der Waals surface area contributed by atoms with Crippen LogP contribution in [0.25, 0.3) is 0 Å². The molecule has 0 amide bonds.